The van der Waals surface area contributed by atoms with E-state index in [-0.39, 0.29) is 11.4 Å². The van der Waals surface area contributed by atoms with Crippen molar-refractivity contribution >= 4 is 28.7 Å². The average Bonchev–Trinajstić information content (AvgIpc) is 2.72. The lowest BCUT2D eigenvalue weighted by atomic mass is 10.0. The molecule has 3 aromatic rings. The van der Waals surface area contributed by atoms with Gasteiger partial charge in [-0.25, -0.2) is 9.37 Å². The number of aryl methyl sites for hydroxylation is 1. The van der Waals surface area contributed by atoms with E-state index in [9.17, 15) is 22.4 Å². The fraction of sp³-hybridized carbons (Fsp3) is 0.136. The normalized spacial score (nSPS) is 12.0. The standard InChI is InChI=1S/C22H18F4N4O/c1-12-9-14(11-16(23)20(12)30-21(31)19(28-2)7-8-27)18-5-3-13-10-15(22(24,25)26)4-6-17(13)29-18/h3-11,27-28H,1-2H3,(H,30,31)/b19-7-,27-8?. The quantitative estimate of drug-likeness (QED) is 0.301. The van der Waals surface area contributed by atoms with Crippen LogP contribution in [0, 0.1) is 18.2 Å². The maximum atomic E-state index is 14.8. The van der Waals surface area contributed by atoms with E-state index >= 15 is 0 Å². The van der Waals surface area contributed by atoms with Crippen LogP contribution in [-0.4, -0.2) is 24.2 Å². The van der Waals surface area contributed by atoms with Crippen molar-refractivity contribution < 1.29 is 22.4 Å². The van der Waals surface area contributed by atoms with Gasteiger partial charge in [-0.3, -0.25) is 4.79 Å². The SMILES string of the molecule is CN/C(=C\C=N)C(=O)Nc1c(C)cc(-c2ccc3cc(C(F)(F)F)ccc3n2)cc1F. The highest BCUT2D eigenvalue weighted by molar-refractivity contribution is 6.05. The van der Waals surface area contributed by atoms with Gasteiger partial charge in [0.15, 0.2) is 0 Å². The van der Waals surface area contributed by atoms with Crippen molar-refractivity contribution in [3.63, 3.8) is 0 Å². The van der Waals surface area contributed by atoms with Gasteiger partial charge in [-0.15, -0.1) is 0 Å². The number of aromatic nitrogens is 1. The van der Waals surface area contributed by atoms with E-state index in [1.54, 1.807) is 13.0 Å². The number of allylic oxidation sites excluding steroid dienone is 1. The van der Waals surface area contributed by atoms with E-state index in [0.29, 0.717) is 27.7 Å². The average molecular weight is 430 g/mol. The lowest BCUT2D eigenvalue weighted by Gasteiger charge is -2.13. The fourth-order valence-corrected chi connectivity index (χ4v) is 3.05. The van der Waals surface area contributed by atoms with Crippen molar-refractivity contribution in [2.24, 2.45) is 0 Å². The monoisotopic (exact) mass is 430 g/mol. The molecule has 0 bridgehead atoms. The van der Waals surface area contributed by atoms with Crippen molar-refractivity contribution in [1.29, 1.82) is 5.41 Å². The highest BCUT2D eigenvalue weighted by Crippen LogP contribution is 2.32. The second-order valence-corrected chi connectivity index (χ2v) is 6.70. The molecule has 5 nitrogen and oxygen atoms in total. The number of carbonyl (C=O) groups is 1. The molecule has 0 atom stereocenters. The minimum Gasteiger partial charge on any atom is -0.384 e. The van der Waals surface area contributed by atoms with E-state index < -0.39 is 23.5 Å². The lowest BCUT2D eigenvalue weighted by molar-refractivity contribution is -0.137. The van der Waals surface area contributed by atoms with Crippen LogP contribution in [0.2, 0.25) is 0 Å². The third-order valence-corrected chi connectivity index (χ3v) is 4.60. The molecule has 160 valence electrons. The number of pyridine rings is 1. The van der Waals surface area contributed by atoms with Gasteiger partial charge in [-0.1, -0.05) is 6.07 Å². The Bertz CT molecular complexity index is 1180. The summed E-state index contributed by atoms with van der Waals surface area (Å²) < 4.78 is 53.4. The molecule has 0 unspecified atom stereocenters. The molecule has 0 fully saturated rings. The second-order valence-electron chi connectivity index (χ2n) is 6.70. The number of fused-ring (bicyclic) bond motifs is 1. The zero-order valence-corrected chi connectivity index (χ0v) is 16.6. The van der Waals surface area contributed by atoms with Crippen LogP contribution in [0.5, 0.6) is 0 Å². The van der Waals surface area contributed by atoms with Gasteiger partial charge in [0.25, 0.3) is 5.91 Å². The van der Waals surface area contributed by atoms with Gasteiger partial charge in [-0.05, 0) is 55.0 Å². The summed E-state index contributed by atoms with van der Waals surface area (Å²) in [5.74, 6) is -1.30. The Labute approximate surface area is 175 Å². The number of nitrogens with zero attached hydrogens (tertiary/aromatic N) is 1. The van der Waals surface area contributed by atoms with Crippen molar-refractivity contribution in [3.05, 3.63) is 71.2 Å². The van der Waals surface area contributed by atoms with E-state index in [2.05, 4.69) is 15.6 Å². The first-order valence-corrected chi connectivity index (χ1v) is 9.12. The molecule has 0 radical (unpaired) electrons. The summed E-state index contributed by atoms with van der Waals surface area (Å²) in [5.41, 5.74) is 0.877. The molecule has 0 aliphatic heterocycles. The Kier molecular flexibility index (Phi) is 6.05. The van der Waals surface area contributed by atoms with Gasteiger partial charge < -0.3 is 16.0 Å². The van der Waals surface area contributed by atoms with Crippen LogP contribution in [0.4, 0.5) is 23.2 Å². The first-order chi connectivity index (χ1) is 14.6. The molecule has 9 heteroatoms. The number of hydrogen-bond acceptors (Lipinski definition) is 4. The van der Waals surface area contributed by atoms with Crippen molar-refractivity contribution in [2.75, 3.05) is 12.4 Å². The summed E-state index contributed by atoms with van der Waals surface area (Å²) in [7, 11) is 1.50. The zero-order valence-electron chi connectivity index (χ0n) is 16.6. The summed E-state index contributed by atoms with van der Waals surface area (Å²) in [4.78, 5) is 16.6. The van der Waals surface area contributed by atoms with Gasteiger partial charge in [0.05, 0.1) is 22.5 Å². The molecular weight excluding hydrogens is 412 g/mol. The summed E-state index contributed by atoms with van der Waals surface area (Å²) in [6.07, 6.45) is -2.28. The number of halogens is 4. The Morgan fingerprint density at radius 1 is 1.13 bits per heavy atom. The second kappa shape index (κ2) is 8.55. The van der Waals surface area contributed by atoms with Crippen molar-refractivity contribution in [2.45, 2.75) is 13.1 Å². The number of likely N-dealkylation sites (N-methyl/N-ethyl adjacent to an activating group) is 1. The third kappa shape index (κ3) is 4.71. The largest absolute Gasteiger partial charge is 0.416 e. The number of carbonyl (C=O) groups excluding carboxylic acids is 1. The Hall–Kier alpha value is -3.75. The maximum Gasteiger partial charge on any atom is 0.416 e. The van der Waals surface area contributed by atoms with Crippen LogP contribution < -0.4 is 10.6 Å². The predicted octanol–water partition coefficient (Wildman–Crippen LogP) is 5.06. The third-order valence-electron chi connectivity index (χ3n) is 4.60. The maximum absolute atomic E-state index is 14.8. The van der Waals surface area contributed by atoms with Crippen LogP contribution in [0.25, 0.3) is 22.2 Å². The Balaban J connectivity index is 1.95. The summed E-state index contributed by atoms with van der Waals surface area (Å²) in [5, 5.41) is 12.5. The molecular formula is C22H18F4N4O. The number of alkyl halides is 3. The first-order valence-electron chi connectivity index (χ1n) is 9.12. The van der Waals surface area contributed by atoms with Crippen molar-refractivity contribution in [1.82, 2.24) is 10.3 Å². The van der Waals surface area contributed by atoms with Crippen LogP contribution in [0.1, 0.15) is 11.1 Å². The fourth-order valence-electron chi connectivity index (χ4n) is 3.05. The van der Waals surface area contributed by atoms with E-state index in [0.717, 1.165) is 18.3 Å². The highest BCUT2D eigenvalue weighted by atomic mass is 19.4. The summed E-state index contributed by atoms with van der Waals surface area (Å²) in [6.45, 7) is 1.61. The minimum absolute atomic E-state index is 0.0181. The van der Waals surface area contributed by atoms with Crippen LogP contribution in [0.3, 0.4) is 0 Å². The first kappa shape index (κ1) is 21.9. The summed E-state index contributed by atoms with van der Waals surface area (Å²) >= 11 is 0. The number of hydrogen-bond donors (Lipinski definition) is 3. The molecule has 2 aromatic carbocycles. The zero-order chi connectivity index (χ0) is 22.8. The number of amides is 1. The number of rotatable bonds is 5. The van der Waals surface area contributed by atoms with Gasteiger partial charge in [0.2, 0.25) is 0 Å². The molecule has 0 aliphatic carbocycles. The van der Waals surface area contributed by atoms with Crippen LogP contribution >= 0.6 is 0 Å². The molecule has 31 heavy (non-hydrogen) atoms. The van der Waals surface area contributed by atoms with E-state index in [1.807, 2.05) is 0 Å². The smallest absolute Gasteiger partial charge is 0.384 e. The van der Waals surface area contributed by atoms with E-state index in [1.165, 1.54) is 37.4 Å². The van der Waals surface area contributed by atoms with Gasteiger partial charge >= 0.3 is 6.18 Å². The molecule has 3 rings (SSSR count). The summed E-state index contributed by atoms with van der Waals surface area (Å²) in [6, 6.07) is 9.06. The molecule has 0 spiro atoms. The molecule has 1 aromatic heterocycles. The Morgan fingerprint density at radius 2 is 1.87 bits per heavy atom. The minimum atomic E-state index is -4.45. The molecule has 0 saturated carbocycles. The van der Waals surface area contributed by atoms with E-state index in [4.69, 9.17) is 5.41 Å². The lowest BCUT2D eigenvalue weighted by Crippen LogP contribution is -2.24. The van der Waals surface area contributed by atoms with Crippen LogP contribution in [-0.2, 0) is 11.0 Å². The van der Waals surface area contributed by atoms with Gasteiger partial charge in [0, 0.05) is 24.2 Å². The van der Waals surface area contributed by atoms with Crippen LogP contribution in [0.15, 0.2) is 54.2 Å². The number of anilines is 1. The predicted molar refractivity (Wildman–Crippen MR) is 111 cm³/mol. The Morgan fingerprint density at radius 3 is 2.48 bits per heavy atom. The molecule has 0 saturated heterocycles. The number of benzene rings is 2. The molecule has 1 amide bonds. The van der Waals surface area contributed by atoms with Crippen molar-refractivity contribution in [3.8, 4) is 11.3 Å². The van der Waals surface area contributed by atoms with Gasteiger partial charge in [0.1, 0.15) is 11.5 Å². The molecule has 3 N–H and O–H groups in total. The van der Waals surface area contributed by atoms with Gasteiger partial charge in [-0.2, -0.15) is 13.2 Å². The molecule has 0 aliphatic rings. The topological polar surface area (TPSA) is 77.9 Å². The number of nitrogens with one attached hydrogen (secondary N) is 3. The highest BCUT2D eigenvalue weighted by Gasteiger charge is 2.30. The molecule has 1 heterocycles.